The molecule has 0 saturated carbocycles. The summed E-state index contributed by atoms with van der Waals surface area (Å²) in [4.78, 5) is 19.6. The van der Waals surface area contributed by atoms with Crippen molar-refractivity contribution in [2.45, 2.75) is 19.9 Å². The summed E-state index contributed by atoms with van der Waals surface area (Å²) in [5, 5.41) is 12.5. The smallest absolute Gasteiger partial charge is 0.268 e. The van der Waals surface area contributed by atoms with Gasteiger partial charge < -0.3 is 10.3 Å². The van der Waals surface area contributed by atoms with Gasteiger partial charge in [0.25, 0.3) is 5.91 Å². The minimum atomic E-state index is -0.151. The van der Waals surface area contributed by atoms with Crippen molar-refractivity contribution in [3.63, 3.8) is 0 Å². The number of aryl methyl sites for hydroxylation is 1. The summed E-state index contributed by atoms with van der Waals surface area (Å²) in [6.07, 6.45) is 5.26. The number of nitrogens with one attached hydrogen (secondary N) is 3. The zero-order valence-corrected chi connectivity index (χ0v) is 12.5. The van der Waals surface area contributed by atoms with E-state index in [1.165, 1.54) is 0 Å². The molecule has 0 saturated heterocycles. The lowest BCUT2D eigenvalue weighted by Crippen LogP contribution is -2.26. The van der Waals surface area contributed by atoms with Crippen LogP contribution in [0.3, 0.4) is 0 Å². The number of aromatic nitrogens is 4. The lowest BCUT2D eigenvalue weighted by Gasteiger charge is -2.10. The fourth-order valence-electron chi connectivity index (χ4n) is 2.02. The van der Waals surface area contributed by atoms with Crippen molar-refractivity contribution >= 4 is 17.2 Å². The summed E-state index contributed by atoms with van der Waals surface area (Å²) in [6, 6.07) is 1.70. The molecule has 7 heteroatoms. The van der Waals surface area contributed by atoms with Gasteiger partial charge in [0.2, 0.25) is 0 Å². The lowest BCUT2D eigenvalue weighted by atomic mass is 10.2. The molecule has 1 unspecified atom stereocenters. The number of carbonyl (C=O) groups is 1. The van der Waals surface area contributed by atoms with Crippen LogP contribution >= 0.6 is 11.3 Å². The van der Waals surface area contributed by atoms with E-state index in [0.717, 1.165) is 21.8 Å². The molecule has 0 radical (unpaired) electrons. The number of rotatable bonds is 4. The molecule has 0 aromatic carbocycles. The van der Waals surface area contributed by atoms with Crippen molar-refractivity contribution in [2.75, 3.05) is 0 Å². The molecule has 3 aromatic heterocycles. The number of hydrogen-bond acceptors (Lipinski definition) is 4. The van der Waals surface area contributed by atoms with Gasteiger partial charge >= 0.3 is 0 Å². The molecule has 3 rings (SSSR count). The molecule has 6 nitrogen and oxygen atoms in total. The highest BCUT2D eigenvalue weighted by Crippen LogP contribution is 2.22. The van der Waals surface area contributed by atoms with Crippen LogP contribution in [0.2, 0.25) is 0 Å². The van der Waals surface area contributed by atoms with Crippen LogP contribution in [0.1, 0.15) is 34.0 Å². The fraction of sp³-hybridized carbons (Fsp3) is 0.214. The molecule has 1 amide bonds. The third-order valence-corrected chi connectivity index (χ3v) is 3.98. The van der Waals surface area contributed by atoms with Gasteiger partial charge in [-0.25, -0.2) is 4.98 Å². The molecule has 0 aliphatic heterocycles. The van der Waals surface area contributed by atoms with Gasteiger partial charge in [0.1, 0.15) is 5.69 Å². The van der Waals surface area contributed by atoms with E-state index >= 15 is 0 Å². The Morgan fingerprint density at radius 1 is 1.43 bits per heavy atom. The van der Waals surface area contributed by atoms with E-state index in [9.17, 15) is 4.79 Å². The monoisotopic (exact) mass is 301 g/mol. The zero-order chi connectivity index (χ0) is 14.8. The van der Waals surface area contributed by atoms with Gasteiger partial charge in [-0.3, -0.25) is 9.89 Å². The molecule has 1 atom stereocenters. The number of aromatic amines is 2. The number of amides is 1. The van der Waals surface area contributed by atoms with E-state index in [2.05, 4.69) is 25.5 Å². The molecule has 0 aliphatic carbocycles. The van der Waals surface area contributed by atoms with Gasteiger partial charge in [-0.15, -0.1) is 11.3 Å². The zero-order valence-electron chi connectivity index (χ0n) is 11.7. The maximum absolute atomic E-state index is 12.2. The van der Waals surface area contributed by atoms with Crippen molar-refractivity contribution < 1.29 is 4.79 Å². The molecule has 0 aliphatic rings. The van der Waals surface area contributed by atoms with Crippen molar-refractivity contribution in [1.29, 1.82) is 0 Å². The number of H-pyrrole nitrogens is 2. The Bertz CT molecular complexity index is 743. The Hall–Kier alpha value is -2.41. The second-order valence-corrected chi connectivity index (χ2v) is 5.84. The normalized spacial score (nSPS) is 12.3. The summed E-state index contributed by atoms with van der Waals surface area (Å²) >= 11 is 1.59. The second kappa shape index (κ2) is 5.53. The van der Waals surface area contributed by atoms with E-state index in [0.29, 0.717) is 5.69 Å². The van der Waals surface area contributed by atoms with Crippen LogP contribution in [0.5, 0.6) is 0 Å². The quantitative estimate of drug-likeness (QED) is 0.692. The minimum absolute atomic E-state index is 0.107. The Balaban J connectivity index is 1.72. The predicted octanol–water partition coefficient (Wildman–Crippen LogP) is 2.66. The van der Waals surface area contributed by atoms with Gasteiger partial charge in [-0.2, -0.15) is 5.10 Å². The largest absolute Gasteiger partial charge is 0.357 e. The van der Waals surface area contributed by atoms with Crippen LogP contribution in [-0.2, 0) is 0 Å². The van der Waals surface area contributed by atoms with Crippen molar-refractivity contribution in [2.24, 2.45) is 0 Å². The number of hydrogen-bond donors (Lipinski definition) is 3. The number of nitrogens with zero attached hydrogens (tertiary/aromatic N) is 2. The van der Waals surface area contributed by atoms with Gasteiger partial charge in [0.05, 0.1) is 22.9 Å². The first-order valence-electron chi connectivity index (χ1n) is 6.54. The molecule has 0 spiro atoms. The second-order valence-electron chi connectivity index (χ2n) is 4.78. The van der Waals surface area contributed by atoms with Gasteiger partial charge in [-0.05, 0) is 19.9 Å². The topological polar surface area (TPSA) is 86.5 Å². The van der Waals surface area contributed by atoms with E-state index in [-0.39, 0.29) is 11.9 Å². The van der Waals surface area contributed by atoms with E-state index in [4.69, 9.17) is 0 Å². The first-order valence-corrected chi connectivity index (χ1v) is 7.42. The SMILES string of the molecule is Cc1nc(-c2c[nH]c(C(=O)NC(C)c3cn[nH]c3)c2)cs1. The third-order valence-electron chi connectivity index (χ3n) is 3.21. The minimum Gasteiger partial charge on any atom is -0.357 e. The molecular formula is C14H15N5OS. The predicted molar refractivity (Wildman–Crippen MR) is 81.1 cm³/mol. The van der Waals surface area contributed by atoms with Crippen LogP contribution in [0.15, 0.2) is 30.0 Å². The van der Waals surface area contributed by atoms with E-state index < -0.39 is 0 Å². The standard InChI is InChI=1S/C14H15N5OS/c1-8(11-5-16-17-6-11)18-14(20)12-3-10(4-15-12)13-7-21-9(2)19-13/h3-8,15H,1-2H3,(H,16,17)(H,18,20). The van der Waals surface area contributed by atoms with Gasteiger partial charge in [-0.1, -0.05) is 0 Å². The fourth-order valence-corrected chi connectivity index (χ4v) is 2.65. The summed E-state index contributed by atoms with van der Waals surface area (Å²) in [5.74, 6) is -0.151. The Kier molecular flexibility index (Phi) is 3.57. The number of carbonyl (C=O) groups excluding carboxylic acids is 1. The summed E-state index contributed by atoms with van der Waals surface area (Å²) in [5.41, 5.74) is 3.26. The van der Waals surface area contributed by atoms with Gasteiger partial charge in [0, 0.05) is 28.9 Å². The molecular weight excluding hydrogens is 286 g/mol. The molecule has 0 fully saturated rings. The molecule has 21 heavy (non-hydrogen) atoms. The Morgan fingerprint density at radius 3 is 2.95 bits per heavy atom. The molecule has 3 heterocycles. The first kappa shape index (κ1) is 13.6. The highest BCUT2D eigenvalue weighted by atomic mass is 32.1. The van der Waals surface area contributed by atoms with Crippen LogP contribution in [-0.4, -0.2) is 26.1 Å². The molecule has 3 aromatic rings. The van der Waals surface area contributed by atoms with Crippen LogP contribution in [0, 0.1) is 6.92 Å². The maximum atomic E-state index is 12.2. The highest BCUT2D eigenvalue weighted by Gasteiger charge is 2.14. The Labute approximate surface area is 125 Å². The van der Waals surface area contributed by atoms with E-state index in [1.54, 1.807) is 29.9 Å². The van der Waals surface area contributed by atoms with Crippen molar-refractivity contribution in [1.82, 2.24) is 25.5 Å². The van der Waals surface area contributed by atoms with Crippen molar-refractivity contribution in [3.05, 3.63) is 46.3 Å². The number of thiazole rings is 1. The molecule has 108 valence electrons. The average molecular weight is 301 g/mol. The highest BCUT2D eigenvalue weighted by molar-refractivity contribution is 7.09. The molecule has 3 N–H and O–H groups in total. The maximum Gasteiger partial charge on any atom is 0.268 e. The van der Waals surface area contributed by atoms with Crippen LogP contribution < -0.4 is 5.32 Å². The van der Waals surface area contributed by atoms with Crippen LogP contribution in [0.4, 0.5) is 0 Å². The summed E-state index contributed by atoms with van der Waals surface area (Å²) < 4.78 is 0. The third kappa shape index (κ3) is 2.87. The average Bonchev–Trinajstić information content (AvgIpc) is 3.19. The van der Waals surface area contributed by atoms with Crippen LogP contribution in [0.25, 0.3) is 11.3 Å². The summed E-state index contributed by atoms with van der Waals surface area (Å²) in [7, 11) is 0. The summed E-state index contributed by atoms with van der Waals surface area (Å²) in [6.45, 7) is 3.87. The van der Waals surface area contributed by atoms with E-state index in [1.807, 2.05) is 25.3 Å². The van der Waals surface area contributed by atoms with Crippen molar-refractivity contribution in [3.8, 4) is 11.3 Å². The Morgan fingerprint density at radius 2 is 2.29 bits per heavy atom. The lowest BCUT2D eigenvalue weighted by molar-refractivity contribution is 0.0935. The van der Waals surface area contributed by atoms with Gasteiger partial charge in [0.15, 0.2) is 0 Å². The molecule has 0 bridgehead atoms. The first-order chi connectivity index (χ1) is 10.1.